The number of nitrogens with zero attached hydrogens (tertiary/aromatic N) is 1. The third-order valence-corrected chi connectivity index (χ3v) is 6.07. The summed E-state index contributed by atoms with van der Waals surface area (Å²) >= 11 is 0. The van der Waals surface area contributed by atoms with E-state index < -0.39 is 10.0 Å². The van der Waals surface area contributed by atoms with Crippen LogP contribution in [-0.4, -0.2) is 51.4 Å². The molecule has 1 saturated heterocycles. The summed E-state index contributed by atoms with van der Waals surface area (Å²) in [6.07, 6.45) is 2.69. The summed E-state index contributed by atoms with van der Waals surface area (Å²) < 4.78 is 27.4. The molecule has 3 rings (SSSR count). The number of likely N-dealkylation sites (N-methyl/N-ethyl adjacent to an activating group) is 1. The van der Waals surface area contributed by atoms with Crippen molar-refractivity contribution >= 4 is 15.9 Å². The molecule has 1 amide bonds. The lowest BCUT2D eigenvalue weighted by molar-refractivity contribution is 0.0743. The van der Waals surface area contributed by atoms with Crippen LogP contribution in [0.2, 0.25) is 0 Å². The monoisotopic (exact) mass is 337 g/mol. The molecule has 2 fully saturated rings. The van der Waals surface area contributed by atoms with Gasteiger partial charge in [-0.1, -0.05) is 6.07 Å². The summed E-state index contributed by atoms with van der Waals surface area (Å²) in [7, 11) is -1.77. The Kier molecular flexibility index (Phi) is 4.44. The molecule has 126 valence electrons. The van der Waals surface area contributed by atoms with Gasteiger partial charge in [-0.3, -0.25) is 4.79 Å². The highest BCUT2D eigenvalue weighted by Gasteiger charge is 2.29. The van der Waals surface area contributed by atoms with Crippen molar-refractivity contribution in [2.45, 2.75) is 43.2 Å². The Morgan fingerprint density at radius 2 is 2.04 bits per heavy atom. The van der Waals surface area contributed by atoms with Crippen molar-refractivity contribution in [3.8, 4) is 0 Å². The van der Waals surface area contributed by atoms with Gasteiger partial charge in [-0.2, -0.15) is 0 Å². The number of hydrogen-bond donors (Lipinski definition) is 2. The van der Waals surface area contributed by atoms with Gasteiger partial charge in [0.15, 0.2) is 0 Å². The Bertz CT molecular complexity index is 707. The van der Waals surface area contributed by atoms with Crippen LogP contribution in [0.1, 0.15) is 35.2 Å². The topological polar surface area (TPSA) is 78.5 Å². The number of carbonyl (C=O) groups is 1. The minimum Gasteiger partial charge on any atom is -0.337 e. The molecule has 1 aromatic carbocycles. The molecule has 1 aromatic rings. The minimum absolute atomic E-state index is 0.0488. The van der Waals surface area contributed by atoms with Gasteiger partial charge in [0.2, 0.25) is 10.0 Å². The molecular formula is C16H23N3O3S. The average Bonchev–Trinajstić information content (AvgIpc) is 3.15. The lowest BCUT2D eigenvalue weighted by Crippen LogP contribution is -2.38. The quantitative estimate of drug-likeness (QED) is 0.836. The fourth-order valence-electron chi connectivity index (χ4n) is 2.81. The first-order chi connectivity index (χ1) is 10.9. The summed E-state index contributed by atoms with van der Waals surface area (Å²) in [5, 5.41) is 3.24. The van der Waals surface area contributed by atoms with Gasteiger partial charge in [0.25, 0.3) is 5.91 Å². The zero-order valence-electron chi connectivity index (χ0n) is 13.5. The molecule has 0 aromatic heterocycles. The van der Waals surface area contributed by atoms with Crippen molar-refractivity contribution in [1.29, 1.82) is 0 Å². The molecule has 2 N–H and O–H groups in total. The number of benzene rings is 1. The highest BCUT2D eigenvalue weighted by molar-refractivity contribution is 7.89. The van der Waals surface area contributed by atoms with Crippen molar-refractivity contribution in [2.75, 3.05) is 20.1 Å². The van der Waals surface area contributed by atoms with Crippen LogP contribution in [0.3, 0.4) is 0 Å². The van der Waals surface area contributed by atoms with Crippen molar-refractivity contribution in [3.05, 3.63) is 29.3 Å². The number of aryl methyl sites for hydroxylation is 1. The number of sulfonamides is 1. The summed E-state index contributed by atoms with van der Waals surface area (Å²) in [6, 6.07) is 4.98. The second-order valence-electron chi connectivity index (χ2n) is 6.43. The SMILES string of the molecule is Cc1ccc(S(=O)(=O)NC2CC2)cc1C(=O)N(C)C1CCNC1. The summed E-state index contributed by atoms with van der Waals surface area (Å²) in [6.45, 7) is 3.52. The largest absolute Gasteiger partial charge is 0.337 e. The first-order valence-corrected chi connectivity index (χ1v) is 9.47. The van der Waals surface area contributed by atoms with E-state index in [0.29, 0.717) is 5.56 Å². The molecule has 1 heterocycles. The van der Waals surface area contributed by atoms with E-state index >= 15 is 0 Å². The van der Waals surface area contributed by atoms with Crippen LogP contribution < -0.4 is 10.0 Å². The summed E-state index contributed by atoms with van der Waals surface area (Å²) in [5.41, 5.74) is 1.25. The highest BCUT2D eigenvalue weighted by Crippen LogP contribution is 2.24. The van der Waals surface area contributed by atoms with Gasteiger partial charge in [-0.25, -0.2) is 13.1 Å². The Labute approximate surface area is 137 Å². The molecular weight excluding hydrogens is 314 g/mol. The first kappa shape index (κ1) is 16.4. The Hall–Kier alpha value is -1.44. The molecule has 2 aliphatic rings. The lowest BCUT2D eigenvalue weighted by Gasteiger charge is -2.24. The van der Waals surface area contributed by atoms with Crippen molar-refractivity contribution < 1.29 is 13.2 Å². The van der Waals surface area contributed by atoms with Gasteiger partial charge < -0.3 is 10.2 Å². The molecule has 7 heteroatoms. The van der Waals surface area contributed by atoms with E-state index in [4.69, 9.17) is 0 Å². The fraction of sp³-hybridized carbons (Fsp3) is 0.562. The molecule has 23 heavy (non-hydrogen) atoms. The van der Waals surface area contributed by atoms with Gasteiger partial charge >= 0.3 is 0 Å². The predicted molar refractivity (Wildman–Crippen MR) is 87.9 cm³/mol. The second-order valence-corrected chi connectivity index (χ2v) is 8.15. The van der Waals surface area contributed by atoms with Crippen molar-refractivity contribution in [2.24, 2.45) is 0 Å². The third-order valence-electron chi connectivity index (χ3n) is 4.55. The number of carbonyl (C=O) groups excluding carboxylic acids is 1. The van der Waals surface area contributed by atoms with Gasteiger partial charge in [-0.05, 0) is 50.4 Å². The normalized spacial score (nSPS) is 21.4. The summed E-state index contributed by atoms with van der Waals surface area (Å²) in [5.74, 6) is -0.125. The molecule has 1 saturated carbocycles. The maximum absolute atomic E-state index is 12.7. The van der Waals surface area contributed by atoms with E-state index in [-0.39, 0.29) is 22.9 Å². The van der Waals surface area contributed by atoms with Gasteiger partial charge in [-0.15, -0.1) is 0 Å². The molecule has 0 spiro atoms. The number of rotatable bonds is 5. The predicted octanol–water partition coefficient (Wildman–Crippen LogP) is 0.870. The Morgan fingerprint density at radius 1 is 1.30 bits per heavy atom. The van der Waals surface area contributed by atoms with Gasteiger partial charge in [0.1, 0.15) is 0 Å². The number of hydrogen-bond acceptors (Lipinski definition) is 4. The van der Waals surface area contributed by atoms with Crippen LogP contribution in [-0.2, 0) is 10.0 Å². The smallest absolute Gasteiger partial charge is 0.254 e. The molecule has 6 nitrogen and oxygen atoms in total. The third kappa shape index (κ3) is 3.57. The zero-order chi connectivity index (χ0) is 16.6. The van der Waals surface area contributed by atoms with Gasteiger partial charge in [0.05, 0.1) is 4.90 Å². The standard InChI is InChI=1S/C16H23N3O3S/c1-11-3-6-14(23(21,22)18-12-4-5-12)9-15(11)16(20)19(2)13-7-8-17-10-13/h3,6,9,12-13,17-18H,4-5,7-8,10H2,1-2H3. The van der Waals surface area contributed by atoms with E-state index in [0.717, 1.165) is 37.9 Å². The van der Waals surface area contributed by atoms with E-state index in [1.54, 1.807) is 24.1 Å². The van der Waals surface area contributed by atoms with Crippen LogP contribution in [0.25, 0.3) is 0 Å². The van der Waals surface area contributed by atoms with Gasteiger partial charge in [0, 0.05) is 31.2 Å². The molecule has 1 aliphatic heterocycles. The molecule has 0 bridgehead atoms. The highest BCUT2D eigenvalue weighted by atomic mass is 32.2. The maximum Gasteiger partial charge on any atom is 0.254 e. The minimum atomic E-state index is -3.55. The molecule has 1 atom stereocenters. The number of nitrogens with one attached hydrogen (secondary N) is 2. The van der Waals surface area contributed by atoms with Crippen LogP contribution >= 0.6 is 0 Å². The average molecular weight is 337 g/mol. The lowest BCUT2D eigenvalue weighted by atomic mass is 10.1. The molecule has 1 unspecified atom stereocenters. The Balaban J connectivity index is 1.86. The zero-order valence-corrected chi connectivity index (χ0v) is 14.3. The van der Waals surface area contributed by atoms with E-state index in [1.807, 2.05) is 6.92 Å². The molecule has 1 aliphatic carbocycles. The molecule has 0 radical (unpaired) electrons. The van der Waals surface area contributed by atoms with Crippen LogP contribution in [0, 0.1) is 6.92 Å². The van der Waals surface area contributed by atoms with E-state index in [9.17, 15) is 13.2 Å². The second kappa shape index (κ2) is 6.22. The maximum atomic E-state index is 12.7. The van der Waals surface area contributed by atoms with Crippen molar-refractivity contribution in [1.82, 2.24) is 14.9 Å². The fourth-order valence-corrected chi connectivity index (χ4v) is 4.14. The van der Waals surface area contributed by atoms with E-state index in [1.165, 1.54) is 6.07 Å². The van der Waals surface area contributed by atoms with Crippen LogP contribution in [0.5, 0.6) is 0 Å². The van der Waals surface area contributed by atoms with Crippen LogP contribution in [0.15, 0.2) is 23.1 Å². The van der Waals surface area contributed by atoms with Crippen molar-refractivity contribution in [3.63, 3.8) is 0 Å². The Morgan fingerprint density at radius 3 is 2.65 bits per heavy atom. The summed E-state index contributed by atoms with van der Waals surface area (Å²) in [4.78, 5) is 14.6. The van der Waals surface area contributed by atoms with Crippen LogP contribution in [0.4, 0.5) is 0 Å². The van der Waals surface area contributed by atoms with E-state index in [2.05, 4.69) is 10.0 Å². The number of amides is 1. The first-order valence-electron chi connectivity index (χ1n) is 7.99.